The quantitative estimate of drug-likeness (QED) is 0.755. The first-order valence-electron chi connectivity index (χ1n) is 7.41. The zero-order valence-electron chi connectivity index (χ0n) is 12.5. The van der Waals surface area contributed by atoms with Crippen molar-refractivity contribution in [2.24, 2.45) is 0 Å². The Kier molecular flexibility index (Phi) is 5.99. The number of amides is 2. The Morgan fingerprint density at radius 1 is 1.57 bits per heavy atom. The van der Waals surface area contributed by atoms with E-state index in [-0.39, 0.29) is 18.1 Å². The van der Waals surface area contributed by atoms with Crippen LogP contribution >= 0.6 is 11.8 Å². The normalized spacial score (nSPS) is 24.5. The van der Waals surface area contributed by atoms with Crippen molar-refractivity contribution in [1.29, 1.82) is 0 Å². The topological polar surface area (TPSA) is 74.5 Å². The number of furan rings is 1. The Balaban J connectivity index is 1.74. The fourth-order valence-electron chi connectivity index (χ4n) is 2.80. The number of aliphatic hydroxyl groups excluding tert-OH is 1. The first-order valence-corrected chi connectivity index (χ1v) is 8.70. The number of carbonyl (C=O) groups excluding carboxylic acids is 1. The van der Waals surface area contributed by atoms with Crippen molar-refractivity contribution in [2.75, 3.05) is 6.26 Å². The number of nitrogens with one attached hydrogen (secondary N) is 2. The highest BCUT2D eigenvalue weighted by atomic mass is 32.2. The third kappa shape index (κ3) is 4.68. The highest BCUT2D eigenvalue weighted by molar-refractivity contribution is 7.99. The molecule has 0 spiro atoms. The van der Waals surface area contributed by atoms with E-state index in [4.69, 9.17) is 4.42 Å². The summed E-state index contributed by atoms with van der Waals surface area (Å²) < 4.78 is 5.16. The molecule has 1 aromatic rings. The minimum atomic E-state index is -0.694. The number of thioether (sulfide) groups is 1. The second kappa shape index (κ2) is 7.75. The summed E-state index contributed by atoms with van der Waals surface area (Å²) in [7, 11) is 0. The van der Waals surface area contributed by atoms with E-state index in [9.17, 15) is 9.90 Å². The van der Waals surface area contributed by atoms with E-state index in [2.05, 4.69) is 16.9 Å². The maximum Gasteiger partial charge on any atom is 0.315 e. The molecule has 0 aliphatic heterocycles. The molecule has 1 saturated carbocycles. The number of hydrogen-bond donors (Lipinski definition) is 3. The van der Waals surface area contributed by atoms with Crippen molar-refractivity contribution in [3.63, 3.8) is 0 Å². The molecular formula is C15H24N2O3S. The Morgan fingerprint density at radius 3 is 3.05 bits per heavy atom. The van der Waals surface area contributed by atoms with Gasteiger partial charge in [-0.05, 0) is 38.2 Å². The van der Waals surface area contributed by atoms with E-state index in [0.717, 1.165) is 6.42 Å². The van der Waals surface area contributed by atoms with Crippen molar-refractivity contribution in [2.45, 2.75) is 56.0 Å². The van der Waals surface area contributed by atoms with Gasteiger partial charge in [0.1, 0.15) is 11.9 Å². The summed E-state index contributed by atoms with van der Waals surface area (Å²) in [4.78, 5) is 12.0. The largest absolute Gasteiger partial charge is 0.467 e. The van der Waals surface area contributed by atoms with Gasteiger partial charge in [0.2, 0.25) is 0 Å². The van der Waals surface area contributed by atoms with Crippen LogP contribution in [0.5, 0.6) is 0 Å². The second-order valence-electron chi connectivity index (χ2n) is 5.60. The third-order valence-corrected chi connectivity index (χ3v) is 5.07. The first-order chi connectivity index (χ1) is 10.1. The van der Waals surface area contributed by atoms with Crippen LogP contribution in [-0.4, -0.2) is 34.7 Å². The molecule has 118 valence electrons. The molecule has 1 aliphatic rings. The van der Waals surface area contributed by atoms with Gasteiger partial charge in [-0.25, -0.2) is 4.79 Å². The second-order valence-corrected chi connectivity index (χ2v) is 6.67. The van der Waals surface area contributed by atoms with Crippen molar-refractivity contribution < 1.29 is 14.3 Å². The number of carbonyl (C=O) groups is 1. The summed E-state index contributed by atoms with van der Waals surface area (Å²) in [5, 5.41) is 16.4. The van der Waals surface area contributed by atoms with E-state index in [1.807, 2.05) is 18.7 Å². The van der Waals surface area contributed by atoms with Crippen LogP contribution in [0.2, 0.25) is 0 Å². The Hall–Kier alpha value is -1.14. The molecule has 0 radical (unpaired) electrons. The Morgan fingerprint density at radius 2 is 2.38 bits per heavy atom. The van der Waals surface area contributed by atoms with Crippen LogP contribution in [0.15, 0.2) is 22.8 Å². The number of urea groups is 1. The molecule has 0 unspecified atom stereocenters. The predicted octanol–water partition coefficient (Wildman–Crippen LogP) is 2.67. The fourth-order valence-corrected chi connectivity index (χ4v) is 3.73. The van der Waals surface area contributed by atoms with Gasteiger partial charge in [0.15, 0.2) is 0 Å². The smallest absolute Gasteiger partial charge is 0.315 e. The maximum atomic E-state index is 12.0. The highest BCUT2D eigenvalue weighted by Crippen LogP contribution is 2.28. The average Bonchev–Trinajstić information content (AvgIpc) is 3.08. The molecule has 21 heavy (non-hydrogen) atoms. The highest BCUT2D eigenvalue weighted by Gasteiger charge is 2.28. The molecule has 1 aromatic heterocycles. The van der Waals surface area contributed by atoms with Crippen LogP contribution in [0.25, 0.3) is 0 Å². The molecular weight excluding hydrogens is 288 g/mol. The molecule has 6 heteroatoms. The number of hydrogen-bond acceptors (Lipinski definition) is 4. The fraction of sp³-hybridized carbons (Fsp3) is 0.667. The van der Waals surface area contributed by atoms with Crippen molar-refractivity contribution in [1.82, 2.24) is 10.6 Å². The lowest BCUT2D eigenvalue weighted by molar-refractivity contribution is 0.129. The molecule has 1 heterocycles. The van der Waals surface area contributed by atoms with Crippen molar-refractivity contribution in [3.8, 4) is 0 Å². The molecule has 1 aliphatic carbocycles. The van der Waals surface area contributed by atoms with Gasteiger partial charge in [0.25, 0.3) is 0 Å². The van der Waals surface area contributed by atoms with E-state index >= 15 is 0 Å². The third-order valence-electron chi connectivity index (χ3n) is 3.90. The van der Waals surface area contributed by atoms with Gasteiger partial charge in [-0.15, -0.1) is 0 Å². The molecule has 2 rings (SSSR count). The van der Waals surface area contributed by atoms with Gasteiger partial charge in [0.05, 0.1) is 6.26 Å². The lowest BCUT2D eigenvalue weighted by Crippen LogP contribution is -2.47. The van der Waals surface area contributed by atoms with Gasteiger partial charge in [0, 0.05) is 23.8 Å². The Bertz CT molecular complexity index is 438. The summed E-state index contributed by atoms with van der Waals surface area (Å²) in [6, 6.07) is 3.45. The lowest BCUT2D eigenvalue weighted by Gasteiger charge is -2.22. The van der Waals surface area contributed by atoms with Crippen LogP contribution in [0.4, 0.5) is 4.79 Å². The molecule has 0 aromatic carbocycles. The average molecular weight is 312 g/mol. The molecule has 3 N–H and O–H groups in total. The van der Waals surface area contributed by atoms with Crippen LogP contribution in [-0.2, 0) is 0 Å². The molecule has 2 amide bonds. The van der Waals surface area contributed by atoms with Crippen LogP contribution < -0.4 is 10.6 Å². The van der Waals surface area contributed by atoms with Gasteiger partial charge < -0.3 is 20.2 Å². The summed E-state index contributed by atoms with van der Waals surface area (Å²) in [5.74, 6) is 0.530. The summed E-state index contributed by atoms with van der Waals surface area (Å²) >= 11 is 1.82. The summed E-state index contributed by atoms with van der Waals surface area (Å²) in [6.07, 6.45) is 6.74. The van der Waals surface area contributed by atoms with E-state index in [1.165, 1.54) is 19.1 Å². The molecule has 0 saturated heterocycles. The van der Waals surface area contributed by atoms with Gasteiger partial charge in [-0.3, -0.25) is 0 Å². The molecule has 0 bridgehead atoms. The zero-order valence-corrected chi connectivity index (χ0v) is 13.4. The van der Waals surface area contributed by atoms with Crippen LogP contribution in [0.1, 0.15) is 44.5 Å². The Labute approximate surface area is 129 Å². The van der Waals surface area contributed by atoms with Gasteiger partial charge >= 0.3 is 6.03 Å². The minimum Gasteiger partial charge on any atom is -0.467 e. The first kappa shape index (κ1) is 16.2. The van der Waals surface area contributed by atoms with Crippen molar-refractivity contribution in [3.05, 3.63) is 24.2 Å². The molecule has 1 fully saturated rings. The van der Waals surface area contributed by atoms with Gasteiger partial charge in [-0.2, -0.15) is 11.8 Å². The lowest BCUT2D eigenvalue weighted by atomic mass is 10.1. The van der Waals surface area contributed by atoms with Crippen LogP contribution in [0, 0.1) is 0 Å². The maximum absolute atomic E-state index is 12.0. The van der Waals surface area contributed by atoms with E-state index < -0.39 is 6.10 Å². The van der Waals surface area contributed by atoms with Crippen LogP contribution in [0.3, 0.4) is 0 Å². The summed E-state index contributed by atoms with van der Waals surface area (Å²) in [5.41, 5.74) is 0. The number of rotatable bonds is 6. The van der Waals surface area contributed by atoms with Gasteiger partial charge in [-0.1, -0.05) is 6.42 Å². The van der Waals surface area contributed by atoms with E-state index in [0.29, 0.717) is 17.4 Å². The zero-order chi connectivity index (χ0) is 15.2. The van der Waals surface area contributed by atoms with E-state index in [1.54, 1.807) is 12.1 Å². The molecule has 5 nitrogen and oxygen atoms in total. The molecule has 4 atom stereocenters. The number of aliphatic hydroxyl groups is 1. The minimum absolute atomic E-state index is 0.126. The SMILES string of the molecule is CS[C@@H]1CCC[C@@H]1NC(=O)N[C@H](C)C[C@@H](O)c1ccco1. The van der Waals surface area contributed by atoms with Crippen molar-refractivity contribution >= 4 is 17.8 Å². The predicted molar refractivity (Wildman–Crippen MR) is 84.4 cm³/mol. The monoisotopic (exact) mass is 312 g/mol. The standard InChI is InChI=1S/C15H24N2O3S/c1-10(9-12(18)13-6-4-8-20-13)16-15(19)17-11-5-3-7-14(11)21-2/h4,6,8,10-12,14,18H,3,5,7,9H2,1-2H3,(H2,16,17,19)/t10-,11+,12-,14-/m1/s1. The summed E-state index contributed by atoms with van der Waals surface area (Å²) in [6.45, 7) is 1.88.